The monoisotopic (exact) mass is 248 g/mol. The second-order valence-corrected chi connectivity index (χ2v) is 4.78. The third kappa shape index (κ3) is 2.19. The summed E-state index contributed by atoms with van der Waals surface area (Å²) in [5, 5.41) is 19.9. The molecule has 1 fully saturated rings. The van der Waals surface area contributed by atoms with Crippen LogP contribution in [0.3, 0.4) is 0 Å². The largest absolute Gasteiger partial charge is 0.305 e. The number of benzene rings is 1. The van der Waals surface area contributed by atoms with E-state index in [1.807, 2.05) is 0 Å². The lowest BCUT2D eigenvalue weighted by molar-refractivity contribution is -0.387. The van der Waals surface area contributed by atoms with Gasteiger partial charge in [0.1, 0.15) is 0 Å². The second-order valence-electron chi connectivity index (χ2n) is 4.78. The van der Waals surface area contributed by atoms with Crippen molar-refractivity contribution >= 4 is 5.69 Å². The molecule has 0 aromatic heterocycles. The third-order valence-electron chi connectivity index (χ3n) is 3.58. The van der Waals surface area contributed by atoms with Crippen LogP contribution in [0.25, 0.3) is 0 Å². The Morgan fingerprint density at radius 3 is 2.67 bits per heavy atom. The van der Waals surface area contributed by atoms with Crippen molar-refractivity contribution in [1.82, 2.24) is 0 Å². The van der Waals surface area contributed by atoms with Gasteiger partial charge in [-0.3, -0.25) is 10.1 Å². The number of nitriles is 1. The van der Waals surface area contributed by atoms with Crippen LogP contribution in [0.5, 0.6) is 0 Å². The summed E-state index contributed by atoms with van der Waals surface area (Å²) in [5.41, 5.74) is -0.790. The molecule has 94 valence electrons. The number of hydrogen-bond donors (Lipinski definition) is 0. The molecule has 0 radical (unpaired) electrons. The van der Waals surface area contributed by atoms with Gasteiger partial charge in [0.05, 0.1) is 16.4 Å². The first kappa shape index (κ1) is 12.5. The van der Waals surface area contributed by atoms with Crippen molar-refractivity contribution < 1.29 is 9.31 Å². The fourth-order valence-electron chi connectivity index (χ4n) is 2.59. The maximum Gasteiger partial charge on any atom is 0.305 e. The molecule has 1 aliphatic rings. The summed E-state index contributed by atoms with van der Waals surface area (Å²) in [4.78, 5) is 9.93. The molecular formula is C13H13FN2O2. The van der Waals surface area contributed by atoms with Crippen LogP contribution < -0.4 is 0 Å². The smallest absolute Gasteiger partial charge is 0.258 e. The van der Waals surface area contributed by atoms with E-state index in [0.717, 1.165) is 31.7 Å². The normalized spacial score (nSPS) is 17.3. The minimum atomic E-state index is -0.802. The Labute approximate surface area is 104 Å². The van der Waals surface area contributed by atoms with Gasteiger partial charge >= 0.3 is 5.69 Å². The summed E-state index contributed by atoms with van der Waals surface area (Å²) in [5.74, 6) is -0.802. The van der Waals surface area contributed by atoms with E-state index in [9.17, 15) is 19.8 Å². The molecule has 0 saturated heterocycles. The van der Waals surface area contributed by atoms with Crippen molar-refractivity contribution in [2.45, 2.75) is 32.1 Å². The standard InChI is InChI=1S/C13H13FN2O2/c14-12-10(4-3-5-11(12)16(17)18)8-13(9-15)6-1-2-7-13/h3-5H,1-2,6-8H2. The van der Waals surface area contributed by atoms with E-state index < -0.39 is 21.8 Å². The zero-order valence-corrected chi connectivity index (χ0v) is 9.86. The van der Waals surface area contributed by atoms with Gasteiger partial charge in [0.2, 0.25) is 5.82 Å². The van der Waals surface area contributed by atoms with E-state index in [-0.39, 0.29) is 12.0 Å². The maximum absolute atomic E-state index is 13.9. The number of hydrogen-bond acceptors (Lipinski definition) is 3. The number of halogens is 1. The molecule has 0 heterocycles. The predicted octanol–water partition coefficient (Wildman–Crippen LogP) is 3.36. The number of nitro benzene ring substituents is 1. The van der Waals surface area contributed by atoms with Crippen LogP contribution in [-0.4, -0.2) is 4.92 Å². The minimum Gasteiger partial charge on any atom is -0.258 e. The molecule has 0 amide bonds. The Morgan fingerprint density at radius 2 is 2.11 bits per heavy atom. The Kier molecular flexibility index (Phi) is 3.28. The van der Waals surface area contributed by atoms with Gasteiger partial charge in [-0.1, -0.05) is 25.0 Å². The van der Waals surface area contributed by atoms with Crippen LogP contribution >= 0.6 is 0 Å². The van der Waals surface area contributed by atoms with E-state index in [4.69, 9.17) is 0 Å². The maximum atomic E-state index is 13.9. The van der Waals surface area contributed by atoms with Gasteiger partial charge in [-0.15, -0.1) is 0 Å². The lowest BCUT2D eigenvalue weighted by Gasteiger charge is -2.20. The summed E-state index contributed by atoms with van der Waals surface area (Å²) in [6, 6.07) is 6.41. The van der Waals surface area contributed by atoms with E-state index >= 15 is 0 Å². The van der Waals surface area contributed by atoms with Crippen LogP contribution in [0.1, 0.15) is 31.2 Å². The molecule has 0 bridgehead atoms. The van der Waals surface area contributed by atoms with E-state index in [0.29, 0.717) is 0 Å². The average Bonchev–Trinajstić information content (AvgIpc) is 2.81. The van der Waals surface area contributed by atoms with Gasteiger partial charge in [0, 0.05) is 6.07 Å². The van der Waals surface area contributed by atoms with Gasteiger partial charge in [0.15, 0.2) is 0 Å². The summed E-state index contributed by atoms with van der Waals surface area (Å²) in [6.45, 7) is 0. The second kappa shape index (κ2) is 4.73. The van der Waals surface area contributed by atoms with Crippen molar-refractivity contribution in [3.05, 3.63) is 39.7 Å². The summed E-state index contributed by atoms with van der Waals surface area (Å²) >= 11 is 0. The van der Waals surface area contributed by atoms with Crippen molar-refractivity contribution in [2.24, 2.45) is 5.41 Å². The first-order valence-corrected chi connectivity index (χ1v) is 5.91. The van der Waals surface area contributed by atoms with Gasteiger partial charge < -0.3 is 0 Å². The zero-order chi connectivity index (χ0) is 13.2. The Bertz CT molecular complexity index is 516. The molecule has 1 saturated carbocycles. The average molecular weight is 248 g/mol. The molecule has 1 aromatic carbocycles. The Balaban J connectivity index is 2.32. The summed E-state index contributed by atoms with van der Waals surface area (Å²) in [6.07, 6.45) is 3.67. The minimum absolute atomic E-state index is 0.261. The molecule has 2 rings (SSSR count). The molecule has 0 unspecified atom stereocenters. The topological polar surface area (TPSA) is 66.9 Å². The fourth-order valence-corrected chi connectivity index (χ4v) is 2.59. The molecule has 0 atom stereocenters. The SMILES string of the molecule is N#CC1(Cc2cccc([N+](=O)[O-])c2F)CCCC1. The molecule has 18 heavy (non-hydrogen) atoms. The molecule has 0 aliphatic heterocycles. The fraction of sp³-hybridized carbons (Fsp3) is 0.462. The molecule has 0 spiro atoms. The first-order valence-electron chi connectivity index (χ1n) is 5.91. The quantitative estimate of drug-likeness (QED) is 0.608. The van der Waals surface area contributed by atoms with E-state index in [2.05, 4.69) is 6.07 Å². The highest BCUT2D eigenvalue weighted by Gasteiger charge is 2.35. The summed E-state index contributed by atoms with van der Waals surface area (Å²) in [7, 11) is 0. The first-order chi connectivity index (χ1) is 8.58. The third-order valence-corrected chi connectivity index (χ3v) is 3.58. The molecule has 1 aromatic rings. The van der Waals surface area contributed by atoms with Crippen molar-refractivity contribution in [3.8, 4) is 6.07 Å². The van der Waals surface area contributed by atoms with E-state index in [1.54, 1.807) is 0 Å². The van der Waals surface area contributed by atoms with Crippen molar-refractivity contribution in [3.63, 3.8) is 0 Å². The molecule has 5 heteroatoms. The highest BCUT2D eigenvalue weighted by atomic mass is 19.1. The highest BCUT2D eigenvalue weighted by molar-refractivity contribution is 5.37. The Morgan fingerprint density at radius 1 is 1.44 bits per heavy atom. The number of nitrogens with zero attached hydrogens (tertiary/aromatic N) is 2. The van der Waals surface area contributed by atoms with Crippen LogP contribution in [-0.2, 0) is 6.42 Å². The van der Waals surface area contributed by atoms with Gasteiger partial charge in [-0.05, 0) is 24.8 Å². The van der Waals surface area contributed by atoms with Gasteiger partial charge in [-0.2, -0.15) is 9.65 Å². The van der Waals surface area contributed by atoms with Crippen molar-refractivity contribution in [2.75, 3.05) is 0 Å². The molecule has 0 N–H and O–H groups in total. The highest BCUT2D eigenvalue weighted by Crippen LogP contribution is 2.41. The number of nitro groups is 1. The van der Waals surface area contributed by atoms with Crippen LogP contribution in [0.15, 0.2) is 18.2 Å². The van der Waals surface area contributed by atoms with Crippen molar-refractivity contribution in [1.29, 1.82) is 5.26 Å². The molecule has 4 nitrogen and oxygen atoms in total. The zero-order valence-electron chi connectivity index (χ0n) is 9.86. The van der Waals surface area contributed by atoms with Crippen LogP contribution in [0.4, 0.5) is 10.1 Å². The lowest BCUT2D eigenvalue weighted by Crippen LogP contribution is -2.18. The summed E-state index contributed by atoms with van der Waals surface area (Å²) < 4.78 is 13.9. The lowest BCUT2D eigenvalue weighted by atomic mass is 9.81. The molecular weight excluding hydrogens is 235 g/mol. The van der Waals surface area contributed by atoms with E-state index in [1.165, 1.54) is 12.1 Å². The molecule has 1 aliphatic carbocycles. The van der Waals surface area contributed by atoms with Gasteiger partial charge in [-0.25, -0.2) is 0 Å². The van der Waals surface area contributed by atoms with Crippen LogP contribution in [0.2, 0.25) is 0 Å². The van der Waals surface area contributed by atoms with Gasteiger partial charge in [0.25, 0.3) is 0 Å². The van der Waals surface area contributed by atoms with Crippen LogP contribution in [0, 0.1) is 32.7 Å². The number of rotatable bonds is 3. The predicted molar refractivity (Wildman–Crippen MR) is 63.3 cm³/mol. The Hall–Kier alpha value is -1.96.